The van der Waals surface area contributed by atoms with Crippen LogP contribution in [0, 0.1) is 6.92 Å². The fourth-order valence-corrected chi connectivity index (χ4v) is 2.56. The number of hydrogen-bond acceptors (Lipinski definition) is 5. The molecule has 0 aliphatic carbocycles. The topological polar surface area (TPSA) is 71.3 Å². The largest absolute Gasteiger partial charge is 0.417 e. The highest BCUT2D eigenvalue weighted by Gasteiger charge is 2.31. The van der Waals surface area contributed by atoms with Crippen LogP contribution < -0.4 is 10.2 Å². The lowest BCUT2D eigenvalue weighted by atomic mass is 10.2. The number of hydrogen-bond donors (Lipinski definition) is 1. The van der Waals surface area contributed by atoms with Gasteiger partial charge in [-0.25, -0.2) is 4.98 Å². The first kappa shape index (κ1) is 16.3. The first-order valence-corrected chi connectivity index (χ1v) is 7.35. The number of nitrogens with zero attached hydrogens (tertiary/aromatic N) is 3. The minimum absolute atomic E-state index is 0.126. The summed E-state index contributed by atoms with van der Waals surface area (Å²) in [5.41, 5.74) is -0.574. The van der Waals surface area contributed by atoms with Crippen molar-refractivity contribution in [2.75, 3.05) is 18.0 Å². The maximum Gasteiger partial charge on any atom is 0.417 e. The van der Waals surface area contributed by atoms with E-state index in [0.29, 0.717) is 31.1 Å². The Balaban J connectivity index is 1.60. The van der Waals surface area contributed by atoms with E-state index in [1.165, 1.54) is 6.07 Å². The van der Waals surface area contributed by atoms with E-state index in [1.54, 1.807) is 13.0 Å². The van der Waals surface area contributed by atoms with Gasteiger partial charge in [0.15, 0.2) is 5.69 Å². The Morgan fingerprint density at radius 1 is 1.42 bits per heavy atom. The Kier molecular flexibility index (Phi) is 4.16. The summed E-state index contributed by atoms with van der Waals surface area (Å²) >= 11 is 0. The van der Waals surface area contributed by atoms with Crippen LogP contribution in [-0.4, -0.2) is 35.2 Å². The molecule has 1 atom stereocenters. The number of carbonyl (C=O) groups excluding carboxylic acids is 1. The second-order valence-corrected chi connectivity index (χ2v) is 5.63. The van der Waals surface area contributed by atoms with Crippen molar-refractivity contribution in [2.24, 2.45) is 0 Å². The number of pyridine rings is 1. The molecule has 0 bridgehead atoms. The van der Waals surface area contributed by atoms with E-state index >= 15 is 0 Å². The summed E-state index contributed by atoms with van der Waals surface area (Å²) in [6.07, 6.45) is -2.91. The van der Waals surface area contributed by atoms with E-state index in [9.17, 15) is 18.0 Å². The lowest BCUT2D eigenvalue weighted by molar-refractivity contribution is -0.137. The first-order chi connectivity index (χ1) is 11.3. The van der Waals surface area contributed by atoms with Crippen LogP contribution in [0.4, 0.5) is 19.0 Å². The second-order valence-electron chi connectivity index (χ2n) is 5.63. The molecule has 3 heterocycles. The van der Waals surface area contributed by atoms with Crippen molar-refractivity contribution < 1.29 is 22.5 Å². The third kappa shape index (κ3) is 3.50. The van der Waals surface area contributed by atoms with Crippen molar-refractivity contribution in [3.8, 4) is 0 Å². The molecule has 1 saturated heterocycles. The van der Waals surface area contributed by atoms with Crippen LogP contribution in [0.2, 0.25) is 0 Å². The molecular weight excluding hydrogens is 325 g/mol. The predicted molar refractivity (Wildman–Crippen MR) is 78.6 cm³/mol. The molecule has 0 radical (unpaired) electrons. The molecule has 6 nitrogen and oxygen atoms in total. The number of rotatable bonds is 3. The van der Waals surface area contributed by atoms with Crippen molar-refractivity contribution in [1.82, 2.24) is 15.5 Å². The van der Waals surface area contributed by atoms with Gasteiger partial charge in [-0.15, -0.1) is 0 Å². The average Bonchev–Trinajstić information content (AvgIpc) is 3.16. The van der Waals surface area contributed by atoms with E-state index in [2.05, 4.69) is 15.5 Å². The highest BCUT2D eigenvalue weighted by molar-refractivity contribution is 5.92. The zero-order valence-electron chi connectivity index (χ0n) is 12.8. The van der Waals surface area contributed by atoms with E-state index in [4.69, 9.17) is 4.52 Å². The van der Waals surface area contributed by atoms with E-state index in [0.717, 1.165) is 12.3 Å². The molecule has 1 N–H and O–H groups in total. The maximum absolute atomic E-state index is 12.6. The molecule has 0 spiro atoms. The van der Waals surface area contributed by atoms with Crippen molar-refractivity contribution in [2.45, 2.75) is 25.6 Å². The molecule has 0 saturated carbocycles. The molecule has 128 valence electrons. The molecular formula is C15H15F3N4O2. The number of carbonyl (C=O) groups is 1. The van der Waals surface area contributed by atoms with Gasteiger partial charge in [0.05, 0.1) is 5.56 Å². The number of aromatic nitrogens is 2. The molecule has 3 rings (SSSR count). The molecule has 1 aliphatic rings. The van der Waals surface area contributed by atoms with Gasteiger partial charge < -0.3 is 14.7 Å². The van der Waals surface area contributed by atoms with Gasteiger partial charge in [0, 0.05) is 31.4 Å². The molecule has 1 amide bonds. The summed E-state index contributed by atoms with van der Waals surface area (Å²) in [6, 6.07) is 3.76. The van der Waals surface area contributed by atoms with E-state index in [1.807, 2.05) is 4.90 Å². The smallest absolute Gasteiger partial charge is 0.361 e. The number of alkyl halides is 3. The second kappa shape index (κ2) is 6.14. The summed E-state index contributed by atoms with van der Waals surface area (Å²) in [6.45, 7) is 2.76. The summed E-state index contributed by atoms with van der Waals surface area (Å²) in [4.78, 5) is 17.7. The number of anilines is 1. The minimum Gasteiger partial charge on any atom is -0.361 e. The van der Waals surface area contributed by atoms with Gasteiger partial charge >= 0.3 is 6.18 Å². The molecule has 24 heavy (non-hydrogen) atoms. The Morgan fingerprint density at radius 3 is 2.79 bits per heavy atom. The fraction of sp³-hybridized carbons (Fsp3) is 0.400. The minimum atomic E-state index is -4.40. The van der Waals surface area contributed by atoms with Crippen LogP contribution in [0.5, 0.6) is 0 Å². The summed E-state index contributed by atoms with van der Waals surface area (Å²) in [5, 5.41) is 6.48. The van der Waals surface area contributed by atoms with Crippen molar-refractivity contribution >= 4 is 11.7 Å². The maximum atomic E-state index is 12.6. The number of nitrogens with one attached hydrogen (secondary N) is 1. The Labute approximate surface area is 135 Å². The van der Waals surface area contributed by atoms with Crippen molar-refractivity contribution in [3.63, 3.8) is 0 Å². The summed E-state index contributed by atoms with van der Waals surface area (Å²) in [7, 11) is 0. The Hall–Kier alpha value is -2.58. The third-order valence-corrected chi connectivity index (χ3v) is 3.78. The van der Waals surface area contributed by atoms with Crippen LogP contribution in [0.15, 0.2) is 28.9 Å². The molecule has 1 fully saturated rings. The number of halogens is 3. The van der Waals surface area contributed by atoms with Crippen molar-refractivity contribution in [1.29, 1.82) is 0 Å². The van der Waals surface area contributed by atoms with Crippen LogP contribution in [0.25, 0.3) is 0 Å². The normalized spacial score (nSPS) is 18.0. The Bertz CT molecular complexity index is 727. The first-order valence-electron chi connectivity index (χ1n) is 7.35. The number of aryl methyl sites for hydroxylation is 1. The van der Waals surface area contributed by atoms with E-state index < -0.39 is 11.7 Å². The molecule has 9 heteroatoms. The van der Waals surface area contributed by atoms with Gasteiger partial charge in [0.1, 0.15) is 11.6 Å². The molecule has 1 unspecified atom stereocenters. The SMILES string of the molecule is Cc1cc(C(=O)NC2CCN(c3ccc(C(F)(F)F)cn3)C2)no1. The van der Waals surface area contributed by atoms with Gasteiger partial charge in [-0.2, -0.15) is 13.2 Å². The highest BCUT2D eigenvalue weighted by Crippen LogP contribution is 2.29. The van der Waals surface area contributed by atoms with Crippen molar-refractivity contribution in [3.05, 3.63) is 41.4 Å². The lowest BCUT2D eigenvalue weighted by Crippen LogP contribution is -2.37. The fourth-order valence-electron chi connectivity index (χ4n) is 2.56. The van der Waals surface area contributed by atoms with E-state index in [-0.39, 0.29) is 17.6 Å². The van der Waals surface area contributed by atoms with Gasteiger partial charge in [-0.3, -0.25) is 4.79 Å². The summed E-state index contributed by atoms with van der Waals surface area (Å²) in [5.74, 6) is 0.665. The van der Waals surface area contributed by atoms with Crippen LogP contribution >= 0.6 is 0 Å². The predicted octanol–water partition coefficient (Wildman–Crippen LogP) is 2.41. The molecule has 2 aromatic heterocycles. The zero-order valence-corrected chi connectivity index (χ0v) is 12.8. The Morgan fingerprint density at radius 2 is 2.21 bits per heavy atom. The standard InChI is InChI=1S/C15H15F3N4O2/c1-9-6-12(21-24-9)14(23)20-11-4-5-22(8-11)13-3-2-10(7-19-13)15(16,17)18/h2-3,6-7,11H,4-5,8H2,1H3,(H,20,23). The zero-order chi connectivity index (χ0) is 17.3. The van der Waals surface area contributed by atoms with Gasteiger partial charge in [0.2, 0.25) is 0 Å². The van der Waals surface area contributed by atoms with Gasteiger partial charge in [-0.1, -0.05) is 5.16 Å². The summed E-state index contributed by atoms with van der Waals surface area (Å²) < 4.78 is 42.5. The molecule has 2 aromatic rings. The van der Waals surface area contributed by atoms with Crippen LogP contribution in [0.1, 0.15) is 28.2 Å². The monoisotopic (exact) mass is 340 g/mol. The quantitative estimate of drug-likeness (QED) is 0.929. The van der Waals surface area contributed by atoms with Gasteiger partial charge in [0.25, 0.3) is 5.91 Å². The van der Waals surface area contributed by atoms with Crippen LogP contribution in [-0.2, 0) is 6.18 Å². The number of amides is 1. The van der Waals surface area contributed by atoms with Crippen LogP contribution in [0.3, 0.4) is 0 Å². The lowest BCUT2D eigenvalue weighted by Gasteiger charge is -2.18. The van der Waals surface area contributed by atoms with Gasteiger partial charge in [-0.05, 0) is 25.5 Å². The highest BCUT2D eigenvalue weighted by atomic mass is 19.4. The molecule has 0 aromatic carbocycles. The molecule has 1 aliphatic heterocycles. The third-order valence-electron chi connectivity index (χ3n) is 3.78. The average molecular weight is 340 g/mol.